The molecule has 160 valence electrons. The number of hydrogen-bond acceptors (Lipinski definition) is 6. The number of aryl methyl sites for hydroxylation is 1. The van der Waals surface area contributed by atoms with Gasteiger partial charge in [-0.1, -0.05) is 12.1 Å². The van der Waals surface area contributed by atoms with E-state index in [1.54, 1.807) is 24.3 Å². The minimum Gasteiger partial charge on any atom is -0.378 e. The Morgan fingerprint density at radius 2 is 1.71 bits per heavy atom. The molecule has 1 aliphatic heterocycles. The zero-order chi connectivity index (χ0) is 21.6. The van der Waals surface area contributed by atoms with Gasteiger partial charge < -0.3 is 25.6 Å². The third kappa shape index (κ3) is 5.46. The summed E-state index contributed by atoms with van der Waals surface area (Å²) in [5, 5.41) is 8.43. The number of para-hydroxylation sites is 1. The van der Waals surface area contributed by atoms with Gasteiger partial charge in [-0.2, -0.15) is 4.98 Å². The Kier molecular flexibility index (Phi) is 6.23. The van der Waals surface area contributed by atoms with Gasteiger partial charge in [0.1, 0.15) is 11.6 Å². The molecule has 3 aromatic rings. The minimum absolute atomic E-state index is 0.119. The van der Waals surface area contributed by atoms with Crippen molar-refractivity contribution in [1.82, 2.24) is 9.97 Å². The predicted molar refractivity (Wildman–Crippen MR) is 119 cm³/mol. The summed E-state index contributed by atoms with van der Waals surface area (Å²) in [5.74, 6) is 0.870. The Morgan fingerprint density at radius 1 is 1.00 bits per heavy atom. The summed E-state index contributed by atoms with van der Waals surface area (Å²) in [6.07, 6.45) is 0. The zero-order valence-electron chi connectivity index (χ0n) is 17.1. The van der Waals surface area contributed by atoms with Gasteiger partial charge in [-0.3, -0.25) is 0 Å². The summed E-state index contributed by atoms with van der Waals surface area (Å²) in [7, 11) is 0. The van der Waals surface area contributed by atoms with Gasteiger partial charge in [0.15, 0.2) is 0 Å². The number of rotatable bonds is 5. The lowest BCUT2D eigenvalue weighted by Gasteiger charge is -2.27. The van der Waals surface area contributed by atoms with E-state index in [0.717, 1.165) is 24.5 Å². The van der Waals surface area contributed by atoms with Crippen LogP contribution in [0.4, 0.5) is 38.0 Å². The highest BCUT2D eigenvalue weighted by molar-refractivity contribution is 5.99. The fourth-order valence-electron chi connectivity index (χ4n) is 3.15. The topological polar surface area (TPSA) is 91.4 Å². The fraction of sp³-hybridized carbons (Fsp3) is 0.227. The summed E-state index contributed by atoms with van der Waals surface area (Å²) in [6.45, 7) is 4.78. The van der Waals surface area contributed by atoms with E-state index < -0.39 is 11.8 Å². The number of urea groups is 1. The van der Waals surface area contributed by atoms with Crippen LogP contribution in [0.3, 0.4) is 0 Å². The second-order valence-electron chi connectivity index (χ2n) is 7.06. The molecule has 0 aliphatic carbocycles. The molecule has 0 bridgehead atoms. The number of hydrogen-bond donors (Lipinski definition) is 3. The molecule has 2 aromatic carbocycles. The standard InChI is InChI=1S/C22H23FN6O2/c1-15-14-20(28-21(24-15)29-10-12-31-13-11-29)25-16-6-8-17(9-7-16)26-22(30)27-19-5-3-2-4-18(19)23/h2-9,14H,10-13H2,1H3,(H,24,25,28)(H2,26,27,30). The first kappa shape index (κ1) is 20.5. The van der Waals surface area contributed by atoms with Gasteiger partial charge in [-0.15, -0.1) is 0 Å². The maximum Gasteiger partial charge on any atom is 0.323 e. The molecule has 1 aromatic heterocycles. The maximum absolute atomic E-state index is 13.7. The monoisotopic (exact) mass is 422 g/mol. The van der Waals surface area contributed by atoms with Crippen molar-refractivity contribution in [2.24, 2.45) is 0 Å². The molecular weight excluding hydrogens is 399 g/mol. The summed E-state index contributed by atoms with van der Waals surface area (Å²) >= 11 is 0. The lowest BCUT2D eigenvalue weighted by atomic mass is 10.2. The SMILES string of the molecule is Cc1cc(Nc2ccc(NC(=O)Nc3ccccc3F)cc2)nc(N2CCOCC2)n1. The zero-order valence-corrected chi connectivity index (χ0v) is 17.1. The van der Waals surface area contributed by atoms with E-state index >= 15 is 0 Å². The van der Waals surface area contributed by atoms with E-state index in [1.165, 1.54) is 12.1 Å². The third-order valence-corrected chi connectivity index (χ3v) is 4.67. The van der Waals surface area contributed by atoms with Crippen LogP contribution in [0.2, 0.25) is 0 Å². The van der Waals surface area contributed by atoms with Crippen LogP contribution in [0, 0.1) is 12.7 Å². The Balaban J connectivity index is 1.39. The number of aromatic nitrogens is 2. The number of morpholine rings is 1. The Morgan fingerprint density at radius 3 is 2.45 bits per heavy atom. The van der Waals surface area contributed by atoms with E-state index in [9.17, 15) is 9.18 Å². The van der Waals surface area contributed by atoms with E-state index in [2.05, 4.69) is 30.8 Å². The second-order valence-corrected chi connectivity index (χ2v) is 7.06. The van der Waals surface area contributed by atoms with E-state index in [0.29, 0.717) is 30.7 Å². The number of halogens is 1. The number of ether oxygens (including phenoxy) is 1. The van der Waals surface area contributed by atoms with Gasteiger partial charge in [-0.05, 0) is 43.3 Å². The first-order chi connectivity index (χ1) is 15.1. The highest BCUT2D eigenvalue weighted by Crippen LogP contribution is 2.21. The van der Waals surface area contributed by atoms with Crippen LogP contribution in [0.15, 0.2) is 54.6 Å². The number of benzene rings is 2. The van der Waals surface area contributed by atoms with Gasteiger partial charge in [0.25, 0.3) is 0 Å². The Hall–Kier alpha value is -3.72. The largest absolute Gasteiger partial charge is 0.378 e. The Labute approximate surface area is 179 Å². The second kappa shape index (κ2) is 9.40. The van der Waals surface area contributed by atoms with Gasteiger partial charge in [-0.25, -0.2) is 14.2 Å². The normalized spacial score (nSPS) is 13.5. The molecule has 0 radical (unpaired) electrons. The quantitative estimate of drug-likeness (QED) is 0.572. The van der Waals surface area contributed by atoms with Crippen LogP contribution in [-0.4, -0.2) is 42.3 Å². The number of anilines is 5. The highest BCUT2D eigenvalue weighted by atomic mass is 19.1. The van der Waals surface area contributed by atoms with E-state index in [4.69, 9.17) is 4.74 Å². The molecule has 0 atom stereocenters. The molecule has 4 rings (SSSR count). The van der Waals surface area contributed by atoms with Crippen molar-refractivity contribution in [2.45, 2.75) is 6.92 Å². The first-order valence-electron chi connectivity index (χ1n) is 9.95. The molecule has 3 N–H and O–H groups in total. The van der Waals surface area contributed by atoms with Crippen LogP contribution < -0.4 is 20.9 Å². The average molecular weight is 422 g/mol. The van der Waals surface area contributed by atoms with Crippen molar-refractivity contribution in [1.29, 1.82) is 0 Å². The summed E-state index contributed by atoms with van der Waals surface area (Å²) in [5.41, 5.74) is 2.37. The van der Waals surface area contributed by atoms with Crippen LogP contribution >= 0.6 is 0 Å². The third-order valence-electron chi connectivity index (χ3n) is 4.67. The van der Waals surface area contributed by atoms with Gasteiger partial charge in [0, 0.05) is 36.2 Å². The predicted octanol–water partition coefficient (Wildman–Crippen LogP) is 4.15. The average Bonchev–Trinajstić information content (AvgIpc) is 2.77. The number of nitrogens with zero attached hydrogens (tertiary/aromatic N) is 3. The van der Waals surface area contributed by atoms with Crippen molar-refractivity contribution in [3.8, 4) is 0 Å². The van der Waals surface area contributed by atoms with Gasteiger partial charge >= 0.3 is 6.03 Å². The molecule has 0 unspecified atom stereocenters. The van der Waals surface area contributed by atoms with E-state index in [1.807, 2.05) is 25.1 Å². The van der Waals surface area contributed by atoms with Crippen molar-refractivity contribution < 1.29 is 13.9 Å². The molecule has 2 heterocycles. The summed E-state index contributed by atoms with van der Waals surface area (Å²) in [4.78, 5) is 23.3. The molecule has 8 nitrogen and oxygen atoms in total. The molecule has 1 aliphatic rings. The van der Waals surface area contributed by atoms with Crippen LogP contribution in [0.5, 0.6) is 0 Å². The highest BCUT2D eigenvalue weighted by Gasteiger charge is 2.15. The first-order valence-corrected chi connectivity index (χ1v) is 9.95. The Bertz CT molecular complexity index is 1050. The van der Waals surface area contributed by atoms with Crippen LogP contribution in [0.25, 0.3) is 0 Å². The minimum atomic E-state index is -0.521. The smallest absolute Gasteiger partial charge is 0.323 e. The lowest BCUT2D eigenvalue weighted by Crippen LogP contribution is -2.37. The number of amides is 2. The maximum atomic E-state index is 13.7. The van der Waals surface area contributed by atoms with E-state index in [-0.39, 0.29) is 5.69 Å². The molecule has 2 amide bonds. The number of carbonyl (C=O) groups excluding carboxylic acids is 1. The lowest BCUT2D eigenvalue weighted by molar-refractivity contribution is 0.122. The molecule has 0 saturated carbocycles. The van der Waals surface area contributed by atoms with Gasteiger partial charge in [0.2, 0.25) is 5.95 Å². The molecule has 1 fully saturated rings. The van der Waals surface area contributed by atoms with Gasteiger partial charge in [0.05, 0.1) is 18.9 Å². The molecule has 1 saturated heterocycles. The summed E-state index contributed by atoms with van der Waals surface area (Å²) in [6, 6.07) is 14.5. The van der Waals surface area contributed by atoms with Crippen molar-refractivity contribution in [3.63, 3.8) is 0 Å². The fourth-order valence-corrected chi connectivity index (χ4v) is 3.15. The molecule has 31 heavy (non-hydrogen) atoms. The van der Waals surface area contributed by atoms with Crippen molar-refractivity contribution in [2.75, 3.05) is 47.2 Å². The van der Waals surface area contributed by atoms with Crippen LogP contribution in [-0.2, 0) is 4.74 Å². The number of carbonyl (C=O) groups is 1. The van der Waals surface area contributed by atoms with Crippen LogP contribution in [0.1, 0.15) is 5.69 Å². The van der Waals surface area contributed by atoms with Crippen molar-refractivity contribution >= 4 is 34.9 Å². The number of nitrogens with one attached hydrogen (secondary N) is 3. The molecular formula is C22H23FN6O2. The van der Waals surface area contributed by atoms with Crippen molar-refractivity contribution in [3.05, 3.63) is 66.1 Å². The molecule has 0 spiro atoms. The molecule has 9 heteroatoms. The summed E-state index contributed by atoms with van der Waals surface area (Å²) < 4.78 is 19.0.